The van der Waals surface area contributed by atoms with Gasteiger partial charge in [-0.15, -0.1) is 0 Å². The summed E-state index contributed by atoms with van der Waals surface area (Å²) in [6.07, 6.45) is 3.65. The third kappa shape index (κ3) is 2.61. The molecule has 2 amide bonds. The normalized spacial score (nSPS) is 12.6. The Labute approximate surface area is 156 Å². The van der Waals surface area contributed by atoms with Crippen LogP contribution < -0.4 is 11.1 Å². The molecule has 0 fully saturated rings. The van der Waals surface area contributed by atoms with E-state index in [0.29, 0.717) is 5.56 Å². The van der Waals surface area contributed by atoms with E-state index in [1.54, 1.807) is 19.2 Å². The Morgan fingerprint density at radius 2 is 1.93 bits per heavy atom. The maximum atomic E-state index is 12.5. The lowest BCUT2D eigenvalue weighted by atomic mass is 10.0. The first-order valence-electron chi connectivity index (χ1n) is 8.74. The fourth-order valence-electron chi connectivity index (χ4n) is 3.71. The minimum Gasteiger partial charge on any atom is -0.368 e. The zero-order chi connectivity index (χ0) is 19.3. The molecule has 1 unspecified atom stereocenters. The van der Waals surface area contributed by atoms with Gasteiger partial charge in [0.25, 0.3) is 5.91 Å². The van der Waals surface area contributed by atoms with Gasteiger partial charge in [-0.1, -0.05) is 0 Å². The van der Waals surface area contributed by atoms with Gasteiger partial charge in [-0.05, 0) is 55.1 Å². The van der Waals surface area contributed by atoms with Crippen LogP contribution in [0.15, 0.2) is 42.7 Å². The van der Waals surface area contributed by atoms with Crippen LogP contribution in [0.2, 0.25) is 0 Å². The highest BCUT2D eigenvalue weighted by molar-refractivity contribution is 6.15. The number of aromatic nitrogens is 2. The number of hydrogen-bond acceptors (Lipinski definition) is 3. The second-order valence-electron chi connectivity index (χ2n) is 6.88. The van der Waals surface area contributed by atoms with Gasteiger partial charge in [0.15, 0.2) is 0 Å². The predicted octanol–water partition coefficient (Wildman–Crippen LogP) is 2.79. The van der Waals surface area contributed by atoms with Crippen molar-refractivity contribution < 1.29 is 9.59 Å². The van der Waals surface area contributed by atoms with Gasteiger partial charge in [0.05, 0.1) is 5.52 Å². The summed E-state index contributed by atoms with van der Waals surface area (Å²) in [7, 11) is 2.03. The highest BCUT2D eigenvalue weighted by Gasteiger charge is 2.17. The minimum absolute atomic E-state index is 0.320. The van der Waals surface area contributed by atoms with Crippen LogP contribution in [0.25, 0.3) is 32.6 Å². The summed E-state index contributed by atoms with van der Waals surface area (Å²) in [6, 6.07) is 8.97. The highest BCUT2D eigenvalue weighted by atomic mass is 16.2. The van der Waals surface area contributed by atoms with Crippen molar-refractivity contribution in [2.75, 3.05) is 0 Å². The summed E-state index contributed by atoms with van der Waals surface area (Å²) in [5.41, 5.74) is 9.08. The Morgan fingerprint density at radius 3 is 2.67 bits per heavy atom. The van der Waals surface area contributed by atoms with E-state index in [-0.39, 0.29) is 5.91 Å². The molecule has 6 heteroatoms. The van der Waals surface area contributed by atoms with Crippen LogP contribution in [-0.2, 0) is 11.8 Å². The molecule has 1 atom stereocenters. The summed E-state index contributed by atoms with van der Waals surface area (Å²) < 4.78 is 2.15. The van der Waals surface area contributed by atoms with Crippen molar-refractivity contribution in [2.45, 2.75) is 19.9 Å². The van der Waals surface area contributed by atoms with Gasteiger partial charge >= 0.3 is 0 Å². The van der Waals surface area contributed by atoms with Gasteiger partial charge in [0, 0.05) is 46.7 Å². The molecular weight excluding hydrogens is 340 g/mol. The second-order valence-corrected chi connectivity index (χ2v) is 6.88. The van der Waals surface area contributed by atoms with E-state index in [2.05, 4.69) is 27.9 Å². The fourth-order valence-corrected chi connectivity index (χ4v) is 3.71. The van der Waals surface area contributed by atoms with Crippen molar-refractivity contribution in [1.82, 2.24) is 14.9 Å². The SMILES string of the molecule is Cc1c2ccncc2cc2c3cc(C(=O)NC(C)C(N)=O)ccc3n(C)c12. The number of carbonyl (C=O) groups is 2. The van der Waals surface area contributed by atoms with Crippen LogP contribution in [0.5, 0.6) is 0 Å². The highest BCUT2D eigenvalue weighted by Crippen LogP contribution is 2.35. The van der Waals surface area contributed by atoms with Crippen molar-refractivity contribution in [2.24, 2.45) is 12.8 Å². The third-order valence-electron chi connectivity index (χ3n) is 5.19. The van der Waals surface area contributed by atoms with E-state index in [0.717, 1.165) is 32.6 Å². The standard InChI is InChI=1S/C21H20N4O2/c1-11-15-6-7-23-10-14(15)9-17-16-8-13(21(27)24-12(2)20(22)26)4-5-18(16)25(3)19(11)17/h4-10,12H,1-3H3,(H2,22,26)(H,24,27). The van der Waals surface area contributed by atoms with Crippen LogP contribution >= 0.6 is 0 Å². The number of nitrogens with zero attached hydrogens (tertiary/aromatic N) is 2. The molecule has 2 aromatic carbocycles. The van der Waals surface area contributed by atoms with Crippen LogP contribution in [-0.4, -0.2) is 27.4 Å². The largest absolute Gasteiger partial charge is 0.368 e. The summed E-state index contributed by atoms with van der Waals surface area (Å²) >= 11 is 0. The molecule has 2 heterocycles. The summed E-state index contributed by atoms with van der Waals surface area (Å²) in [6.45, 7) is 3.67. The lowest BCUT2D eigenvalue weighted by Gasteiger charge is -2.10. The Bertz CT molecular complexity index is 1240. The minimum atomic E-state index is -0.724. The van der Waals surface area contributed by atoms with Crippen molar-refractivity contribution in [3.05, 3.63) is 53.9 Å². The number of hydrogen-bond donors (Lipinski definition) is 2. The van der Waals surface area contributed by atoms with E-state index in [9.17, 15) is 9.59 Å². The number of nitrogens with one attached hydrogen (secondary N) is 1. The first-order chi connectivity index (χ1) is 12.9. The molecule has 0 aliphatic carbocycles. The number of aryl methyl sites for hydroxylation is 2. The molecule has 2 aromatic heterocycles. The quantitative estimate of drug-likeness (QED) is 0.589. The molecule has 4 aromatic rings. The van der Waals surface area contributed by atoms with Crippen LogP contribution in [0, 0.1) is 6.92 Å². The molecule has 27 heavy (non-hydrogen) atoms. The van der Waals surface area contributed by atoms with Crippen molar-refractivity contribution in [3.63, 3.8) is 0 Å². The number of fused-ring (bicyclic) bond motifs is 4. The molecule has 6 nitrogen and oxygen atoms in total. The van der Waals surface area contributed by atoms with E-state index in [1.807, 2.05) is 31.4 Å². The number of amides is 2. The van der Waals surface area contributed by atoms with Crippen LogP contribution in [0.4, 0.5) is 0 Å². The molecule has 0 radical (unpaired) electrons. The summed E-state index contributed by atoms with van der Waals surface area (Å²) in [4.78, 5) is 27.9. The molecule has 3 N–H and O–H groups in total. The number of carbonyl (C=O) groups excluding carboxylic acids is 2. The topological polar surface area (TPSA) is 90.0 Å². The number of benzene rings is 2. The fraction of sp³-hybridized carbons (Fsp3) is 0.190. The molecular formula is C21H20N4O2. The molecule has 0 bridgehead atoms. The van der Waals surface area contributed by atoms with Gasteiger partial charge in [-0.2, -0.15) is 0 Å². The first-order valence-corrected chi connectivity index (χ1v) is 8.74. The first kappa shape index (κ1) is 17.0. The second kappa shape index (κ2) is 6.09. The van der Waals surface area contributed by atoms with E-state index in [4.69, 9.17) is 5.73 Å². The molecule has 0 aliphatic heterocycles. The monoisotopic (exact) mass is 360 g/mol. The maximum Gasteiger partial charge on any atom is 0.251 e. The summed E-state index contributed by atoms with van der Waals surface area (Å²) in [5.74, 6) is -0.886. The average Bonchev–Trinajstić information content (AvgIpc) is 2.94. The van der Waals surface area contributed by atoms with Crippen LogP contribution in [0.3, 0.4) is 0 Å². The van der Waals surface area contributed by atoms with Gasteiger partial charge in [0.2, 0.25) is 5.91 Å². The number of rotatable bonds is 3. The Balaban J connectivity index is 1.94. The number of primary amides is 1. The third-order valence-corrected chi connectivity index (χ3v) is 5.19. The molecule has 4 rings (SSSR count). The van der Waals surface area contributed by atoms with Crippen molar-refractivity contribution in [3.8, 4) is 0 Å². The van der Waals surface area contributed by atoms with E-state index < -0.39 is 11.9 Å². The zero-order valence-corrected chi connectivity index (χ0v) is 15.4. The molecule has 0 aliphatic rings. The Morgan fingerprint density at radius 1 is 1.15 bits per heavy atom. The number of pyridine rings is 1. The summed E-state index contributed by atoms with van der Waals surface area (Å²) in [5, 5.41) is 6.91. The van der Waals surface area contributed by atoms with Gasteiger partial charge in [-0.3, -0.25) is 14.6 Å². The smallest absolute Gasteiger partial charge is 0.251 e. The lowest BCUT2D eigenvalue weighted by Crippen LogP contribution is -2.42. The average molecular weight is 360 g/mol. The Kier molecular flexibility index (Phi) is 3.84. The van der Waals surface area contributed by atoms with Crippen LogP contribution in [0.1, 0.15) is 22.8 Å². The molecule has 0 spiro atoms. The van der Waals surface area contributed by atoms with Crippen molar-refractivity contribution in [1.29, 1.82) is 0 Å². The molecule has 0 saturated heterocycles. The van der Waals surface area contributed by atoms with Gasteiger partial charge in [0.1, 0.15) is 6.04 Å². The van der Waals surface area contributed by atoms with E-state index >= 15 is 0 Å². The van der Waals surface area contributed by atoms with E-state index in [1.165, 1.54) is 5.56 Å². The molecule has 0 saturated carbocycles. The maximum absolute atomic E-state index is 12.5. The Hall–Kier alpha value is -3.41. The molecule has 136 valence electrons. The number of nitrogens with two attached hydrogens (primary N) is 1. The van der Waals surface area contributed by atoms with Crippen molar-refractivity contribution >= 4 is 44.4 Å². The lowest BCUT2D eigenvalue weighted by molar-refractivity contribution is -0.119. The van der Waals surface area contributed by atoms with Gasteiger partial charge < -0.3 is 15.6 Å². The predicted molar refractivity (Wildman–Crippen MR) is 107 cm³/mol. The van der Waals surface area contributed by atoms with Gasteiger partial charge in [-0.25, -0.2) is 0 Å². The zero-order valence-electron chi connectivity index (χ0n) is 15.4.